The maximum atomic E-state index is 12.0. The number of ether oxygens (including phenoxy) is 1. The average Bonchev–Trinajstić information content (AvgIpc) is 3.24. The maximum Gasteiger partial charge on any atom is 0.225 e. The number of carbonyl (C=O) groups is 1. The van der Waals surface area contributed by atoms with Gasteiger partial charge in [0.2, 0.25) is 5.91 Å². The van der Waals surface area contributed by atoms with E-state index < -0.39 is 0 Å². The Balaban J connectivity index is 1.89. The lowest BCUT2D eigenvalue weighted by molar-refractivity contribution is -0.116. The molecule has 4 nitrogen and oxygen atoms in total. The minimum Gasteiger partial charge on any atom is -0.495 e. The van der Waals surface area contributed by atoms with Crippen molar-refractivity contribution in [2.75, 3.05) is 25.5 Å². The molecule has 0 bridgehead atoms. The number of benzene rings is 1. The standard InChI is InChI=1S/C15H21ClN2O2/c1-3-18(12-5-6-12)9-8-15(19)17-13-10-11(16)4-7-14(13)20-2/h4,7,10,12H,3,5-6,8-9H2,1-2H3,(H,17,19). The minimum absolute atomic E-state index is 0.00957. The second kappa shape index (κ2) is 6.95. The first-order valence-electron chi connectivity index (χ1n) is 7.01. The predicted molar refractivity (Wildman–Crippen MR) is 81.5 cm³/mol. The maximum absolute atomic E-state index is 12.0. The Morgan fingerprint density at radius 1 is 1.50 bits per heavy atom. The van der Waals surface area contributed by atoms with E-state index >= 15 is 0 Å². The van der Waals surface area contributed by atoms with E-state index in [9.17, 15) is 4.79 Å². The van der Waals surface area contributed by atoms with Crippen LogP contribution in [0.2, 0.25) is 5.02 Å². The zero-order chi connectivity index (χ0) is 14.5. The molecule has 1 aromatic rings. The molecule has 1 saturated carbocycles. The Kier molecular flexibility index (Phi) is 5.26. The molecule has 1 amide bonds. The molecule has 110 valence electrons. The second-order valence-electron chi connectivity index (χ2n) is 5.00. The Bertz CT molecular complexity index is 475. The van der Waals surface area contributed by atoms with Gasteiger partial charge in [0.05, 0.1) is 12.8 Å². The first-order valence-corrected chi connectivity index (χ1v) is 7.39. The number of nitrogens with one attached hydrogen (secondary N) is 1. The highest BCUT2D eigenvalue weighted by molar-refractivity contribution is 6.31. The van der Waals surface area contributed by atoms with Crippen molar-refractivity contribution in [1.82, 2.24) is 4.90 Å². The third kappa shape index (κ3) is 4.12. The molecule has 0 aliphatic heterocycles. The van der Waals surface area contributed by atoms with E-state index in [4.69, 9.17) is 16.3 Å². The SMILES string of the molecule is CCN(CCC(=O)Nc1cc(Cl)ccc1OC)C1CC1. The van der Waals surface area contributed by atoms with Crippen LogP contribution in [0, 0.1) is 0 Å². The van der Waals surface area contributed by atoms with Crippen LogP contribution in [0.25, 0.3) is 0 Å². The molecule has 0 saturated heterocycles. The number of halogens is 1. The van der Waals surface area contributed by atoms with E-state index in [1.165, 1.54) is 12.8 Å². The summed E-state index contributed by atoms with van der Waals surface area (Å²) in [6, 6.07) is 5.88. The van der Waals surface area contributed by atoms with Crippen molar-refractivity contribution in [3.8, 4) is 5.75 Å². The molecule has 0 aromatic heterocycles. The highest BCUT2D eigenvalue weighted by atomic mass is 35.5. The second-order valence-corrected chi connectivity index (χ2v) is 5.44. The van der Waals surface area contributed by atoms with Crippen LogP contribution < -0.4 is 10.1 Å². The van der Waals surface area contributed by atoms with Crippen LogP contribution >= 0.6 is 11.6 Å². The third-order valence-electron chi connectivity index (χ3n) is 3.53. The summed E-state index contributed by atoms with van der Waals surface area (Å²) in [6.45, 7) is 3.94. The molecule has 1 aromatic carbocycles. The molecule has 0 radical (unpaired) electrons. The first kappa shape index (κ1) is 15.1. The summed E-state index contributed by atoms with van der Waals surface area (Å²) in [6.07, 6.45) is 3.01. The number of hydrogen-bond acceptors (Lipinski definition) is 3. The van der Waals surface area contributed by atoms with Crippen molar-refractivity contribution < 1.29 is 9.53 Å². The van der Waals surface area contributed by atoms with Gasteiger partial charge in [0.15, 0.2) is 0 Å². The predicted octanol–water partition coefficient (Wildman–Crippen LogP) is 3.16. The summed E-state index contributed by atoms with van der Waals surface area (Å²) in [7, 11) is 1.57. The van der Waals surface area contributed by atoms with E-state index in [2.05, 4.69) is 17.1 Å². The Labute approximate surface area is 125 Å². The van der Waals surface area contributed by atoms with Crippen molar-refractivity contribution in [3.63, 3.8) is 0 Å². The average molecular weight is 297 g/mol. The van der Waals surface area contributed by atoms with Crippen LogP contribution in [0.1, 0.15) is 26.2 Å². The Morgan fingerprint density at radius 3 is 2.85 bits per heavy atom. The highest BCUT2D eigenvalue weighted by Crippen LogP contribution is 2.28. The van der Waals surface area contributed by atoms with Crippen molar-refractivity contribution in [2.45, 2.75) is 32.2 Å². The fourth-order valence-corrected chi connectivity index (χ4v) is 2.45. The van der Waals surface area contributed by atoms with Crippen molar-refractivity contribution in [1.29, 1.82) is 0 Å². The summed E-state index contributed by atoms with van der Waals surface area (Å²) in [5.74, 6) is 0.613. The minimum atomic E-state index is -0.00957. The van der Waals surface area contributed by atoms with Gasteiger partial charge in [-0.1, -0.05) is 18.5 Å². The van der Waals surface area contributed by atoms with Gasteiger partial charge in [-0.3, -0.25) is 4.79 Å². The van der Waals surface area contributed by atoms with Gasteiger partial charge >= 0.3 is 0 Å². The molecule has 1 fully saturated rings. The Hall–Kier alpha value is -1.26. The van der Waals surface area contributed by atoms with Crippen LogP contribution in [0.3, 0.4) is 0 Å². The van der Waals surface area contributed by atoms with Crippen molar-refractivity contribution >= 4 is 23.2 Å². The largest absolute Gasteiger partial charge is 0.495 e. The number of nitrogens with zero attached hydrogens (tertiary/aromatic N) is 1. The fraction of sp³-hybridized carbons (Fsp3) is 0.533. The van der Waals surface area contributed by atoms with Gasteiger partial charge in [-0.15, -0.1) is 0 Å². The van der Waals surface area contributed by atoms with E-state index in [0.717, 1.165) is 13.1 Å². The number of rotatable bonds is 7. The molecule has 2 rings (SSSR count). The van der Waals surface area contributed by atoms with E-state index in [0.29, 0.717) is 28.9 Å². The Morgan fingerprint density at radius 2 is 2.25 bits per heavy atom. The number of amides is 1. The van der Waals surface area contributed by atoms with Crippen LogP contribution in [-0.2, 0) is 4.79 Å². The quantitative estimate of drug-likeness (QED) is 0.840. The number of methoxy groups -OCH3 is 1. The van der Waals surface area contributed by atoms with Crippen LogP contribution in [0.4, 0.5) is 5.69 Å². The summed E-state index contributed by atoms with van der Waals surface area (Å²) in [5, 5.41) is 3.44. The van der Waals surface area contributed by atoms with Gasteiger partial charge in [0.25, 0.3) is 0 Å². The molecule has 0 unspecified atom stereocenters. The van der Waals surface area contributed by atoms with Crippen molar-refractivity contribution in [2.24, 2.45) is 0 Å². The normalized spacial score (nSPS) is 14.4. The lowest BCUT2D eigenvalue weighted by Gasteiger charge is -2.19. The van der Waals surface area contributed by atoms with E-state index in [-0.39, 0.29) is 5.91 Å². The van der Waals surface area contributed by atoms with Crippen LogP contribution in [-0.4, -0.2) is 37.0 Å². The zero-order valence-corrected chi connectivity index (χ0v) is 12.7. The van der Waals surface area contributed by atoms with Gasteiger partial charge in [-0.2, -0.15) is 0 Å². The lowest BCUT2D eigenvalue weighted by Crippen LogP contribution is -2.29. The molecule has 1 aliphatic rings. The molecule has 1 N–H and O–H groups in total. The summed E-state index contributed by atoms with van der Waals surface area (Å²) in [4.78, 5) is 14.4. The van der Waals surface area contributed by atoms with Gasteiger partial charge in [-0.25, -0.2) is 0 Å². The first-order chi connectivity index (χ1) is 9.63. The van der Waals surface area contributed by atoms with Gasteiger partial charge in [0.1, 0.15) is 5.75 Å². The molecule has 1 aliphatic carbocycles. The van der Waals surface area contributed by atoms with E-state index in [1.54, 1.807) is 25.3 Å². The smallest absolute Gasteiger partial charge is 0.225 e. The summed E-state index contributed by atoms with van der Waals surface area (Å²) in [5.41, 5.74) is 0.625. The fourth-order valence-electron chi connectivity index (χ4n) is 2.27. The summed E-state index contributed by atoms with van der Waals surface area (Å²) >= 11 is 5.94. The zero-order valence-electron chi connectivity index (χ0n) is 12.0. The molecular formula is C15H21ClN2O2. The third-order valence-corrected chi connectivity index (χ3v) is 3.77. The molecule has 0 atom stereocenters. The van der Waals surface area contributed by atoms with Crippen LogP contribution in [0.15, 0.2) is 18.2 Å². The van der Waals surface area contributed by atoms with Crippen LogP contribution in [0.5, 0.6) is 5.75 Å². The van der Waals surface area contributed by atoms with Gasteiger partial charge in [0, 0.05) is 24.0 Å². The molecule has 20 heavy (non-hydrogen) atoms. The molecule has 0 heterocycles. The van der Waals surface area contributed by atoms with E-state index in [1.807, 2.05) is 0 Å². The number of anilines is 1. The van der Waals surface area contributed by atoms with Gasteiger partial charge < -0.3 is 15.0 Å². The molecule has 0 spiro atoms. The number of hydrogen-bond donors (Lipinski definition) is 1. The molecule has 5 heteroatoms. The topological polar surface area (TPSA) is 41.6 Å². The summed E-state index contributed by atoms with van der Waals surface area (Å²) < 4.78 is 5.21. The van der Waals surface area contributed by atoms with Crippen molar-refractivity contribution in [3.05, 3.63) is 23.2 Å². The monoisotopic (exact) mass is 296 g/mol. The lowest BCUT2D eigenvalue weighted by atomic mass is 10.2. The van der Waals surface area contributed by atoms with Gasteiger partial charge in [-0.05, 0) is 37.6 Å². The number of carbonyl (C=O) groups excluding carboxylic acids is 1. The highest BCUT2D eigenvalue weighted by Gasteiger charge is 2.27. The molecular weight excluding hydrogens is 276 g/mol.